The summed E-state index contributed by atoms with van der Waals surface area (Å²) < 4.78 is 44.6. The van der Waals surface area contributed by atoms with Gasteiger partial charge in [-0.05, 0) is 53.9 Å². The first kappa shape index (κ1) is 21.9. The Hall–Kier alpha value is -3.55. The quantitative estimate of drug-likeness (QED) is 0.321. The number of nitrogens with zero attached hydrogens (tertiary/aromatic N) is 3. The van der Waals surface area contributed by atoms with E-state index in [0.717, 1.165) is 11.1 Å². The van der Waals surface area contributed by atoms with Gasteiger partial charge in [0.1, 0.15) is 23.1 Å². The molecule has 2 atom stereocenters. The molecular formula is C27H19ClFN3O2S. The van der Waals surface area contributed by atoms with Crippen LogP contribution in [0.2, 0.25) is 5.15 Å². The molecule has 2 aliphatic rings. The van der Waals surface area contributed by atoms with E-state index in [-0.39, 0.29) is 10.0 Å². The van der Waals surface area contributed by atoms with Crippen molar-refractivity contribution < 1.29 is 12.8 Å². The highest BCUT2D eigenvalue weighted by Gasteiger charge is 2.47. The predicted octanol–water partition coefficient (Wildman–Crippen LogP) is 6.02. The van der Waals surface area contributed by atoms with Crippen LogP contribution in [0.3, 0.4) is 0 Å². The van der Waals surface area contributed by atoms with Crippen LogP contribution < -0.4 is 4.31 Å². The molecule has 1 aromatic heterocycles. The van der Waals surface area contributed by atoms with Gasteiger partial charge in [0.2, 0.25) is 0 Å². The van der Waals surface area contributed by atoms with E-state index in [1.54, 1.807) is 36.4 Å². The molecule has 2 bridgehead atoms. The molecule has 0 aliphatic carbocycles. The molecule has 0 N–H and O–H groups in total. The minimum absolute atomic E-state index is 0.123. The molecular weight excluding hydrogens is 485 g/mol. The van der Waals surface area contributed by atoms with Crippen LogP contribution in [0.1, 0.15) is 39.9 Å². The molecule has 5 nitrogen and oxygen atoms in total. The van der Waals surface area contributed by atoms with Crippen LogP contribution in [-0.2, 0) is 10.0 Å². The SMILES string of the molecule is Cc1ccc(S(=O)(=O)N2c3ccnc(Cl)c3[C@H]3N=C(c4ccccc4)[C@@H]2c2cc(F)ccc23)cc1. The van der Waals surface area contributed by atoms with E-state index < -0.39 is 27.9 Å². The van der Waals surface area contributed by atoms with Crippen LogP contribution in [0.15, 0.2) is 94.9 Å². The Labute approximate surface area is 207 Å². The summed E-state index contributed by atoms with van der Waals surface area (Å²) >= 11 is 6.60. The molecule has 174 valence electrons. The van der Waals surface area contributed by atoms with E-state index in [4.69, 9.17) is 16.6 Å². The van der Waals surface area contributed by atoms with Crippen LogP contribution >= 0.6 is 11.6 Å². The molecule has 0 amide bonds. The second-order valence-electron chi connectivity index (χ2n) is 8.61. The zero-order chi connectivity index (χ0) is 24.3. The first-order chi connectivity index (χ1) is 16.9. The van der Waals surface area contributed by atoms with E-state index in [1.807, 2.05) is 37.3 Å². The van der Waals surface area contributed by atoms with Crippen molar-refractivity contribution in [1.29, 1.82) is 0 Å². The average molecular weight is 504 g/mol. The van der Waals surface area contributed by atoms with Crippen molar-refractivity contribution in [2.24, 2.45) is 4.99 Å². The normalized spacial score (nSPS) is 18.5. The monoisotopic (exact) mass is 503 g/mol. The van der Waals surface area contributed by atoms with Gasteiger partial charge in [-0.2, -0.15) is 0 Å². The van der Waals surface area contributed by atoms with Gasteiger partial charge < -0.3 is 0 Å². The van der Waals surface area contributed by atoms with Crippen LogP contribution in [0, 0.1) is 12.7 Å². The van der Waals surface area contributed by atoms with Gasteiger partial charge in [-0.25, -0.2) is 17.8 Å². The number of anilines is 1. The molecule has 3 aromatic carbocycles. The van der Waals surface area contributed by atoms with Crippen LogP contribution in [0.25, 0.3) is 0 Å². The lowest BCUT2D eigenvalue weighted by Crippen LogP contribution is -2.40. The smallest absolute Gasteiger partial charge is 0.265 e. The van der Waals surface area contributed by atoms with Crippen molar-refractivity contribution >= 4 is 33.0 Å². The number of hydrogen-bond donors (Lipinski definition) is 0. The Morgan fingerprint density at radius 1 is 0.943 bits per heavy atom. The number of aromatic nitrogens is 1. The maximum Gasteiger partial charge on any atom is 0.265 e. The second kappa shape index (κ2) is 8.00. The van der Waals surface area contributed by atoms with E-state index in [1.165, 1.54) is 22.6 Å². The highest BCUT2D eigenvalue weighted by Crippen LogP contribution is 2.52. The van der Waals surface area contributed by atoms with Crippen LogP contribution in [0.4, 0.5) is 10.1 Å². The van der Waals surface area contributed by atoms with Gasteiger partial charge in [0.05, 0.1) is 16.3 Å². The zero-order valence-electron chi connectivity index (χ0n) is 18.6. The summed E-state index contributed by atoms with van der Waals surface area (Å²) in [5.74, 6) is -0.454. The fourth-order valence-corrected chi connectivity index (χ4v) is 6.74. The van der Waals surface area contributed by atoms with Crippen molar-refractivity contribution in [2.75, 3.05) is 4.31 Å². The third-order valence-electron chi connectivity index (χ3n) is 6.48. The topological polar surface area (TPSA) is 62.6 Å². The fourth-order valence-electron chi connectivity index (χ4n) is 4.87. The molecule has 0 fully saturated rings. The summed E-state index contributed by atoms with van der Waals surface area (Å²) in [5.41, 5.74) is 4.31. The largest absolute Gasteiger partial charge is 0.273 e. The molecule has 0 saturated carbocycles. The van der Waals surface area contributed by atoms with Gasteiger partial charge in [-0.15, -0.1) is 0 Å². The van der Waals surface area contributed by atoms with Gasteiger partial charge in [0.15, 0.2) is 0 Å². The number of sulfonamides is 1. The maximum atomic E-state index is 14.6. The molecule has 0 spiro atoms. The predicted molar refractivity (Wildman–Crippen MR) is 134 cm³/mol. The number of aliphatic imine (C=N–C) groups is 1. The molecule has 3 heterocycles. The molecule has 0 radical (unpaired) electrons. The van der Waals surface area contributed by atoms with E-state index in [9.17, 15) is 12.8 Å². The van der Waals surface area contributed by atoms with Gasteiger partial charge in [-0.3, -0.25) is 9.30 Å². The van der Waals surface area contributed by atoms with Crippen molar-refractivity contribution in [2.45, 2.75) is 23.9 Å². The Balaban J connectivity index is 1.72. The first-order valence-corrected chi connectivity index (χ1v) is 12.9. The van der Waals surface area contributed by atoms with Gasteiger partial charge in [0, 0.05) is 11.8 Å². The summed E-state index contributed by atoms with van der Waals surface area (Å²) in [6.07, 6.45) is 1.48. The van der Waals surface area contributed by atoms with E-state index in [0.29, 0.717) is 28.1 Å². The highest BCUT2D eigenvalue weighted by molar-refractivity contribution is 7.92. The molecule has 8 heteroatoms. The third-order valence-corrected chi connectivity index (χ3v) is 8.57. The van der Waals surface area contributed by atoms with Crippen LogP contribution in [0.5, 0.6) is 0 Å². The number of fused-ring (bicyclic) bond motifs is 2. The molecule has 0 unspecified atom stereocenters. The molecule has 35 heavy (non-hydrogen) atoms. The number of pyridine rings is 1. The first-order valence-electron chi connectivity index (χ1n) is 11.0. The maximum absolute atomic E-state index is 14.6. The molecule has 2 aliphatic heterocycles. The van der Waals surface area contributed by atoms with Crippen molar-refractivity contribution in [3.63, 3.8) is 0 Å². The Kier molecular flexibility index (Phi) is 5.02. The van der Waals surface area contributed by atoms with Crippen molar-refractivity contribution in [3.8, 4) is 0 Å². The summed E-state index contributed by atoms with van der Waals surface area (Å²) in [7, 11) is -4.12. The molecule has 4 aromatic rings. The number of halogens is 2. The number of benzene rings is 3. The summed E-state index contributed by atoms with van der Waals surface area (Å²) in [6.45, 7) is 1.89. The minimum Gasteiger partial charge on any atom is -0.273 e. The van der Waals surface area contributed by atoms with Crippen molar-refractivity contribution in [3.05, 3.63) is 124 Å². The number of hydrogen-bond acceptors (Lipinski definition) is 4. The Bertz CT molecular complexity index is 1610. The Morgan fingerprint density at radius 3 is 2.43 bits per heavy atom. The fraction of sp³-hybridized carbons (Fsp3) is 0.111. The lowest BCUT2D eigenvalue weighted by atomic mass is 9.86. The minimum atomic E-state index is -4.12. The summed E-state index contributed by atoms with van der Waals surface area (Å²) in [6, 6.07) is 20.5. The van der Waals surface area contributed by atoms with Gasteiger partial charge in [-0.1, -0.05) is 65.7 Å². The van der Waals surface area contributed by atoms with Crippen molar-refractivity contribution in [1.82, 2.24) is 4.98 Å². The summed E-state index contributed by atoms with van der Waals surface area (Å²) in [4.78, 5) is 9.39. The second-order valence-corrected chi connectivity index (χ2v) is 10.8. The van der Waals surface area contributed by atoms with Gasteiger partial charge in [0.25, 0.3) is 10.0 Å². The van der Waals surface area contributed by atoms with Gasteiger partial charge >= 0.3 is 0 Å². The molecule has 6 rings (SSSR count). The van der Waals surface area contributed by atoms with E-state index in [2.05, 4.69) is 4.98 Å². The highest BCUT2D eigenvalue weighted by atomic mass is 35.5. The van der Waals surface area contributed by atoms with E-state index >= 15 is 0 Å². The lowest BCUT2D eigenvalue weighted by molar-refractivity contribution is 0.586. The number of rotatable bonds is 3. The third kappa shape index (κ3) is 3.38. The average Bonchev–Trinajstić information content (AvgIpc) is 3.08. The van der Waals surface area contributed by atoms with Crippen LogP contribution in [-0.4, -0.2) is 19.1 Å². The molecule has 0 saturated heterocycles. The standard InChI is InChI=1S/C27H19ClFN3O2S/c1-16-7-10-19(11-8-16)35(33,34)32-22-13-14-30-27(28)23(22)25-20-12-9-18(29)15-21(20)26(32)24(31-25)17-5-3-2-4-6-17/h2-15,25-26H,1H3/t25-,26-/m0/s1. The zero-order valence-corrected chi connectivity index (χ0v) is 20.1. The summed E-state index contributed by atoms with van der Waals surface area (Å²) in [5, 5.41) is 0.158. The Morgan fingerprint density at radius 2 is 1.69 bits per heavy atom. The lowest BCUT2D eigenvalue weighted by Gasteiger charge is -2.34. The number of aryl methyl sites for hydroxylation is 1.